The molecule has 4 nitrogen and oxygen atoms in total. The van der Waals surface area contributed by atoms with Crippen LogP contribution in [0, 0.1) is 6.92 Å². The second-order valence-corrected chi connectivity index (χ2v) is 4.88. The van der Waals surface area contributed by atoms with Crippen LogP contribution in [0.5, 0.6) is 5.75 Å². The number of pyridine rings is 1. The molecular weight excluding hydrogens is 214 g/mol. The maximum Gasteiger partial charge on any atom is 0.138 e. The minimum Gasteiger partial charge on any atom is -0.506 e. The van der Waals surface area contributed by atoms with E-state index >= 15 is 0 Å². The molecule has 17 heavy (non-hydrogen) atoms. The van der Waals surface area contributed by atoms with Crippen LogP contribution in [0.4, 0.5) is 0 Å². The van der Waals surface area contributed by atoms with Crippen molar-refractivity contribution in [2.45, 2.75) is 32.4 Å². The van der Waals surface area contributed by atoms with Crippen LogP contribution >= 0.6 is 0 Å². The van der Waals surface area contributed by atoms with Gasteiger partial charge in [-0.25, -0.2) is 0 Å². The first-order chi connectivity index (χ1) is 8.15. The fourth-order valence-corrected chi connectivity index (χ4v) is 2.19. The van der Waals surface area contributed by atoms with E-state index in [-0.39, 0.29) is 5.75 Å². The highest BCUT2D eigenvalue weighted by Crippen LogP contribution is 2.15. The molecule has 2 N–H and O–H groups in total. The summed E-state index contributed by atoms with van der Waals surface area (Å²) in [6, 6.07) is 4.09. The molecule has 0 saturated carbocycles. The summed E-state index contributed by atoms with van der Waals surface area (Å²) >= 11 is 0. The van der Waals surface area contributed by atoms with Gasteiger partial charge in [-0.3, -0.25) is 4.98 Å². The van der Waals surface area contributed by atoms with E-state index in [0.717, 1.165) is 24.5 Å². The van der Waals surface area contributed by atoms with Gasteiger partial charge in [0.05, 0.1) is 5.69 Å². The van der Waals surface area contributed by atoms with Gasteiger partial charge < -0.3 is 15.3 Å². The Hall–Kier alpha value is -1.13. The maximum absolute atomic E-state index is 9.70. The fourth-order valence-electron chi connectivity index (χ4n) is 2.19. The summed E-state index contributed by atoms with van der Waals surface area (Å²) in [5.41, 5.74) is 1.70. The second kappa shape index (κ2) is 5.47. The molecule has 0 amide bonds. The molecule has 0 radical (unpaired) electrons. The third kappa shape index (κ3) is 3.41. The Kier molecular flexibility index (Phi) is 3.97. The number of nitrogens with zero attached hydrogens (tertiary/aromatic N) is 2. The van der Waals surface area contributed by atoms with Crippen LogP contribution in [-0.4, -0.2) is 41.2 Å². The molecule has 1 fully saturated rings. The van der Waals surface area contributed by atoms with Crippen molar-refractivity contribution in [1.29, 1.82) is 0 Å². The Bertz CT molecular complexity index is 373. The summed E-state index contributed by atoms with van der Waals surface area (Å²) < 4.78 is 0. The highest BCUT2D eigenvalue weighted by molar-refractivity contribution is 5.27. The summed E-state index contributed by atoms with van der Waals surface area (Å²) in [7, 11) is 2.16. The molecule has 0 atom stereocenters. The van der Waals surface area contributed by atoms with Crippen molar-refractivity contribution in [2.75, 3.05) is 20.1 Å². The van der Waals surface area contributed by atoms with E-state index in [9.17, 15) is 5.11 Å². The van der Waals surface area contributed by atoms with Crippen molar-refractivity contribution in [2.24, 2.45) is 0 Å². The van der Waals surface area contributed by atoms with Gasteiger partial charge in [0.15, 0.2) is 0 Å². The van der Waals surface area contributed by atoms with E-state index in [1.54, 1.807) is 6.07 Å². The average Bonchev–Trinajstić information content (AvgIpc) is 2.32. The fraction of sp³-hybridized carbons (Fsp3) is 0.615. The maximum atomic E-state index is 9.70. The minimum atomic E-state index is 0.288. The summed E-state index contributed by atoms with van der Waals surface area (Å²) in [6.45, 7) is 4.89. The van der Waals surface area contributed by atoms with Crippen LogP contribution < -0.4 is 5.32 Å². The van der Waals surface area contributed by atoms with E-state index < -0.39 is 0 Å². The monoisotopic (exact) mass is 235 g/mol. The van der Waals surface area contributed by atoms with Crippen LogP contribution in [0.25, 0.3) is 0 Å². The van der Waals surface area contributed by atoms with Crippen LogP contribution in [-0.2, 0) is 6.54 Å². The van der Waals surface area contributed by atoms with Gasteiger partial charge in [-0.1, -0.05) is 0 Å². The molecule has 2 rings (SSSR count). The number of nitrogens with one attached hydrogen (secondary N) is 1. The first-order valence-electron chi connectivity index (χ1n) is 6.22. The van der Waals surface area contributed by atoms with E-state index in [4.69, 9.17) is 0 Å². The normalized spacial score (nSPS) is 18.5. The lowest BCUT2D eigenvalue weighted by Crippen LogP contribution is -2.40. The predicted octanol–water partition coefficient (Wildman–Crippen LogP) is 1.28. The number of aryl methyl sites for hydroxylation is 1. The lowest BCUT2D eigenvalue weighted by atomic mass is 10.1. The van der Waals surface area contributed by atoms with E-state index in [2.05, 4.69) is 22.2 Å². The molecule has 94 valence electrons. The van der Waals surface area contributed by atoms with Crippen molar-refractivity contribution in [1.82, 2.24) is 15.2 Å². The van der Waals surface area contributed by atoms with Crippen molar-refractivity contribution in [3.05, 3.63) is 23.5 Å². The number of piperidine rings is 1. The second-order valence-electron chi connectivity index (χ2n) is 4.88. The summed E-state index contributed by atoms with van der Waals surface area (Å²) in [5, 5.41) is 13.2. The van der Waals surface area contributed by atoms with Gasteiger partial charge in [-0.05, 0) is 52.0 Å². The zero-order valence-electron chi connectivity index (χ0n) is 10.6. The van der Waals surface area contributed by atoms with Crippen molar-refractivity contribution < 1.29 is 5.11 Å². The molecule has 4 heteroatoms. The van der Waals surface area contributed by atoms with Gasteiger partial charge in [0.25, 0.3) is 0 Å². The van der Waals surface area contributed by atoms with Crippen LogP contribution in [0.2, 0.25) is 0 Å². The molecule has 2 heterocycles. The molecule has 1 saturated heterocycles. The Labute approximate surface area is 103 Å². The molecular formula is C13H21N3O. The SMILES string of the molecule is Cc1ccc(O)c(CNC2CCN(C)CC2)n1. The van der Waals surface area contributed by atoms with Crippen molar-refractivity contribution in [3.8, 4) is 5.75 Å². The van der Waals surface area contributed by atoms with Gasteiger partial charge in [0.2, 0.25) is 0 Å². The van der Waals surface area contributed by atoms with E-state index in [1.807, 2.05) is 13.0 Å². The van der Waals surface area contributed by atoms with Crippen LogP contribution in [0.1, 0.15) is 24.2 Å². The lowest BCUT2D eigenvalue weighted by molar-refractivity contribution is 0.233. The first-order valence-corrected chi connectivity index (χ1v) is 6.22. The third-order valence-electron chi connectivity index (χ3n) is 3.37. The van der Waals surface area contributed by atoms with Crippen molar-refractivity contribution in [3.63, 3.8) is 0 Å². The number of aromatic nitrogens is 1. The largest absolute Gasteiger partial charge is 0.506 e. The number of aromatic hydroxyl groups is 1. The highest BCUT2D eigenvalue weighted by atomic mass is 16.3. The Balaban J connectivity index is 1.87. The number of hydrogen-bond donors (Lipinski definition) is 2. The molecule has 0 unspecified atom stereocenters. The number of likely N-dealkylation sites (tertiary alicyclic amines) is 1. The average molecular weight is 235 g/mol. The third-order valence-corrected chi connectivity index (χ3v) is 3.37. The summed E-state index contributed by atoms with van der Waals surface area (Å²) in [4.78, 5) is 6.70. The predicted molar refractivity (Wildman–Crippen MR) is 68.0 cm³/mol. The number of hydrogen-bond acceptors (Lipinski definition) is 4. The Morgan fingerprint density at radius 3 is 2.82 bits per heavy atom. The summed E-state index contributed by atoms with van der Waals surface area (Å²) in [6.07, 6.45) is 2.34. The zero-order valence-corrected chi connectivity index (χ0v) is 10.6. The van der Waals surface area contributed by atoms with Crippen molar-refractivity contribution >= 4 is 0 Å². The molecule has 0 aliphatic carbocycles. The van der Waals surface area contributed by atoms with Crippen LogP contribution in [0.3, 0.4) is 0 Å². The van der Waals surface area contributed by atoms with E-state index in [1.165, 1.54) is 12.8 Å². The smallest absolute Gasteiger partial charge is 0.138 e. The molecule has 1 aliphatic rings. The minimum absolute atomic E-state index is 0.288. The van der Waals surface area contributed by atoms with Gasteiger partial charge in [-0.2, -0.15) is 0 Å². The van der Waals surface area contributed by atoms with E-state index in [0.29, 0.717) is 12.6 Å². The van der Waals surface area contributed by atoms with Gasteiger partial charge in [-0.15, -0.1) is 0 Å². The molecule has 1 aromatic heterocycles. The van der Waals surface area contributed by atoms with Gasteiger partial charge in [0, 0.05) is 18.3 Å². The van der Waals surface area contributed by atoms with Gasteiger partial charge in [0.1, 0.15) is 5.75 Å². The molecule has 1 aliphatic heterocycles. The standard InChI is InChI=1S/C13H21N3O/c1-10-3-4-13(17)12(15-10)9-14-11-5-7-16(2)8-6-11/h3-4,11,14,17H,5-9H2,1-2H3. The zero-order chi connectivity index (χ0) is 12.3. The highest BCUT2D eigenvalue weighted by Gasteiger charge is 2.16. The molecule has 0 aromatic carbocycles. The topological polar surface area (TPSA) is 48.4 Å². The Morgan fingerprint density at radius 2 is 2.12 bits per heavy atom. The lowest BCUT2D eigenvalue weighted by Gasteiger charge is -2.29. The van der Waals surface area contributed by atoms with Gasteiger partial charge >= 0.3 is 0 Å². The Morgan fingerprint density at radius 1 is 1.41 bits per heavy atom. The summed E-state index contributed by atoms with van der Waals surface area (Å²) in [5.74, 6) is 0.288. The molecule has 1 aromatic rings. The van der Waals surface area contributed by atoms with Crippen LogP contribution in [0.15, 0.2) is 12.1 Å². The number of rotatable bonds is 3. The molecule has 0 spiro atoms. The quantitative estimate of drug-likeness (QED) is 0.828. The molecule has 0 bridgehead atoms. The first kappa shape index (κ1) is 12.3.